The summed E-state index contributed by atoms with van der Waals surface area (Å²) in [4.78, 5) is 17.3. The number of anilines is 2. The molecule has 4 nitrogen and oxygen atoms in total. The first-order valence-corrected chi connectivity index (χ1v) is 9.30. The molecule has 0 atom stereocenters. The van der Waals surface area contributed by atoms with Crippen molar-refractivity contribution in [2.24, 2.45) is 0 Å². The van der Waals surface area contributed by atoms with E-state index in [-0.39, 0.29) is 5.78 Å². The predicted octanol–water partition coefficient (Wildman–Crippen LogP) is 5.90. The van der Waals surface area contributed by atoms with Crippen molar-refractivity contribution in [2.75, 3.05) is 12.4 Å². The average molecular weight is 362 g/mol. The molecule has 0 aliphatic rings. The number of hydrogen-bond donors (Lipinski definition) is 1. The molecule has 0 unspecified atom stereocenters. The van der Waals surface area contributed by atoms with E-state index in [1.54, 1.807) is 13.3 Å². The van der Waals surface area contributed by atoms with Crippen LogP contribution in [0, 0.1) is 20.8 Å². The molecule has 0 saturated heterocycles. The number of hydrogen-bond acceptors (Lipinski definition) is 4. The molecule has 0 fully saturated rings. The van der Waals surface area contributed by atoms with Crippen LogP contribution in [0.2, 0.25) is 0 Å². The summed E-state index contributed by atoms with van der Waals surface area (Å²) in [6.07, 6.45) is 2.97. The number of aromatic nitrogens is 1. The molecule has 1 heterocycles. The van der Waals surface area contributed by atoms with Gasteiger partial charge in [-0.25, -0.2) is 0 Å². The molecule has 0 amide bonds. The van der Waals surface area contributed by atoms with Crippen LogP contribution in [0.25, 0.3) is 10.9 Å². The smallest absolute Gasteiger partial charge is 0.166 e. The summed E-state index contributed by atoms with van der Waals surface area (Å²) < 4.78 is 5.47. The fourth-order valence-electron chi connectivity index (χ4n) is 3.57. The van der Waals surface area contributed by atoms with Gasteiger partial charge in [0, 0.05) is 23.7 Å². The van der Waals surface area contributed by atoms with Crippen molar-refractivity contribution in [1.82, 2.24) is 4.98 Å². The Kier molecular flexibility index (Phi) is 5.45. The Labute approximate surface area is 160 Å². The Morgan fingerprint density at radius 1 is 1.11 bits per heavy atom. The van der Waals surface area contributed by atoms with Crippen molar-refractivity contribution in [3.05, 3.63) is 58.8 Å². The van der Waals surface area contributed by atoms with E-state index >= 15 is 0 Å². The number of carbonyl (C=O) groups is 1. The number of ether oxygens (including phenoxy) is 1. The molecule has 0 radical (unpaired) electrons. The van der Waals surface area contributed by atoms with Crippen molar-refractivity contribution in [3.63, 3.8) is 0 Å². The highest BCUT2D eigenvalue weighted by Crippen LogP contribution is 2.36. The summed E-state index contributed by atoms with van der Waals surface area (Å²) in [5.41, 5.74) is 6.71. The number of ketones is 1. The van der Waals surface area contributed by atoms with Gasteiger partial charge in [-0.15, -0.1) is 0 Å². The molecule has 3 aromatic rings. The highest BCUT2D eigenvalue weighted by atomic mass is 16.5. The van der Waals surface area contributed by atoms with E-state index < -0.39 is 0 Å². The molecule has 27 heavy (non-hydrogen) atoms. The summed E-state index contributed by atoms with van der Waals surface area (Å²) in [5.74, 6) is 0.794. The monoisotopic (exact) mass is 362 g/mol. The molecule has 140 valence electrons. The molecule has 0 bridgehead atoms. The fourth-order valence-corrected chi connectivity index (χ4v) is 3.57. The maximum atomic E-state index is 12.8. The lowest BCUT2D eigenvalue weighted by atomic mass is 10.0. The van der Waals surface area contributed by atoms with Crippen LogP contribution < -0.4 is 10.1 Å². The quantitative estimate of drug-likeness (QED) is 0.555. The molecule has 0 aliphatic heterocycles. The summed E-state index contributed by atoms with van der Waals surface area (Å²) in [6.45, 7) is 8.27. The highest BCUT2D eigenvalue weighted by molar-refractivity contribution is 6.10. The topological polar surface area (TPSA) is 51.2 Å². The predicted molar refractivity (Wildman–Crippen MR) is 111 cm³/mol. The Balaban J connectivity index is 2.25. The summed E-state index contributed by atoms with van der Waals surface area (Å²) in [5, 5.41) is 4.44. The summed E-state index contributed by atoms with van der Waals surface area (Å²) in [7, 11) is 1.63. The molecular weight excluding hydrogens is 336 g/mol. The van der Waals surface area contributed by atoms with E-state index in [0.29, 0.717) is 17.7 Å². The van der Waals surface area contributed by atoms with Crippen LogP contribution in [-0.2, 0) is 0 Å². The van der Waals surface area contributed by atoms with Crippen LogP contribution in [0.15, 0.2) is 36.5 Å². The van der Waals surface area contributed by atoms with E-state index in [1.165, 1.54) is 5.56 Å². The van der Waals surface area contributed by atoms with Gasteiger partial charge in [0.25, 0.3) is 0 Å². The fraction of sp³-hybridized carbons (Fsp3) is 0.304. The van der Waals surface area contributed by atoms with E-state index in [0.717, 1.165) is 39.8 Å². The first kappa shape index (κ1) is 18.9. The number of fused-ring (bicyclic) bond motifs is 1. The molecule has 4 heteroatoms. The van der Waals surface area contributed by atoms with Gasteiger partial charge in [0.05, 0.1) is 18.4 Å². The van der Waals surface area contributed by atoms with Crippen molar-refractivity contribution < 1.29 is 9.53 Å². The highest BCUT2D eigenvalue weighted by Gasteiger charge is 2.18. The van der Waals surface area contributed by atoms with E-state index in [4.69, 9.17) is 4.74 Å². The lowest BCUT2D eigenvalue weighted by Gasteiger charge is -2.18. The SMILES string of the molecule is CCCC(=O)c1cnc2c(OC)cccc2c1Nc1c(C)cc(C)cc1C. The second kappa shape index (κ2) is 7.78. The lowest BCUT2D eigenvalue weighted by molar-refractivity contribution is 0.0982. The van der Waals surface area contributed by atoms with Gasteiger partial charge in [0.2, 0.25) is 0 Å². The minimum Gasteiger partial charge on any atom is -0.494 e. The third kappa shape index (κ3) is 3.65. The van der Waals surface area contributed by atoms with Gasteiger partial charge in [-0.1, -0.05) is 36.8 Å². The summed E-state index contributed by atoms with van der Waals surface area (Å²) in [6, 6.07) is 10.1. The van der Waals surface area contributed by atoms with Crippen LogP contribution >= 0.6 is 0 Å². The zero-order chi connectivity index (χ0) is 19.6. The number of rotatable bonds is 6. The second-order valence-electron chi connectivity index (χ2n) is 6.98. The minimum absolute atomic E-state index is 0.0969. The number of nitrogens with one attached hydrogen (secondary N) is 1. The van der Waals surface area contributed by atoms with Crippen molar-refractivity contribution in [3.8, 4) is 5.75 Å². The van der Waals surface area contributed by atoms with Gasteiger partial charge in [-0.05, 0) is 44.4 Å². The number of para-hydroxylation sites is 1. The van der Waals surface area contributed by atoms with Gasteiger partial charge in [0.15, 0.2) is 5.78 Å². The molecule has 3 rings (SSSR count). The molecule has 0 saturated carbocycles. The standard InChI is InChI=1S/C23H26N2O2/c1-6-8-19(26)18-13-24-23-17(9-7-10-20(23)27-5)22(18)25-21-15(3)11-14(2)12-16(21)4/h7,9-13H,6,8H2,1-5H3,(H,24,25). The Hall–Kier alpha value is -2.88. The number of benzene rings is 2. The van der Waals surface area contributed by atoms with Gasteiger partial charge in [-0.3, -0.25) is 9.78 Å². The van der Waals surface area contributed by atoms with Crippen LogP contribution in [0.3, 0.4) is 0 Å². The Bertz CT molecular complexity index is 986. The Morgan fingerprint density at radius 2 is 1.81 bits per heavy atom. The molecule has 2 aromatic carbocycles. The largest absolute Gasteiger partial charge is 0.494 e. The van der Waals surface area contributed by atoms with Gasteiger partial charge >= 0.3 is 0 Å². The van der Waals surface area contributed by atoms with E-state index in [1.807, 2.05) is 25.1 Å². The van der Waals surface area contributed by atoms with Crippen molar-refractivity contribution >= 4 is 28.1 Å². The molecular formula is C23H26N2O2. The molecule has 1 aromatic heterocycles. The maximum Gasteiger partial charge on any atom is 0.166 e. The third-order valence-electron chi connectivity index (χ3n) is 4.78. The average Bonchev–Trinajstić information content (AvgIpc) is 2.64. The molecule has 0 spiro atoms. The zero-order valence-electron chi connectivity index (χ0n) is 16.6. The number of methoxy groups -OCH3 is 1. The van der Waals surface area contributed by atoms with Crippen LogP contribution in [0.5, 0.6) is 5.75 Å². The van der Waals surface area contributed by atoms with Gasteiger partial charge < -0.3 is 10.1 Å². The van der Waals surface area contributed by atoms with Crippen LogP contribution in [-0.4, -0.2) is 17.9 Å². The van der Waals surface area contributed by atoms with Crippen LogP contribution in [0.4, 0.5) is 11.4 Å². The Morgan fingerprint density at radius 3 is 2.44 bits per heavy atom. The molecule has 1 N–H and O–H groups in total. The number of Topliss-reactive ketones (excluding diaryl/α,β-unsaturated/α-hetero) is 1. The normalized spacial score (nSPS) is 10.9. The van der Waals surface area contributed by atoms with Crippen molar-refractivity contribution in [2.45, 2.75) is 40.5 Å². The number of aryl methyl sites for hydroxylation is 3. The second-order valence-corrected chi connectivity index (χ2v) is 6.98. The maximum absolute atomic E-state index is 12.8. The molecule has 0 aliphatic carbocycles. The lowest BCUT2D eigenvalue weighted by Crippen LogP contribution is -2.07. The number of pyridine rings is 1. The summed E-state index contributed by atoms with van der Waals surface area (Å²) >= 11 is 0. The van der Waals surface area contributed by atoms with E-state index in [2.05, 4.69) is 43.2 Å². The zero-order valence-corrected chi connectivity index (χ0v) is 16.6. The van der Waals surface area contributed by atoms with Crippen molar-refractivity contribution in [1.29, 1.82) is 0 Å². The number of carbonyl (C=O) groups excluding carboxylic acids is 1. The number of nitrogens with zero attached hydrogens (tertiary/aromatic N) is 1. The minimum atomic E-state index is 0.0969. The van der Waals surface area contributed by atoms with Gasteiger partial charge in [-0.2, -0.15) is 0 Å². The van der Waals surface area contributed by atoms with E-state index in [9.17, 15) is 4.79 Å². The van der Waals surface area contributed by atoms with Gasteiger partial charge in [0.1, 0.15) is 11.3 Å². The first-order valence-electron chi connectivity index (χ1n) is 9.30. The van der Waals surface area contributed by atoms with Crippen LogP contribution in [0.1, 0.15) is 46.8 Å². The first-order chi connectivity index (χ1) is 13.0. The third-order valence-corrected chi connectivity index (χ3v) is 4.78.